The summed E-state index contributed by atoms with van der Waals surface area (Å²) >= 11 is 0. The monoisotopic (exact) mass is 424 g/mol. The number of amides is 1. The molecule has 1 aliphatic heterocycles. The third kappa shape index (κ3) is 6.04. The highest BCUT2D eigenvalue weighted by Crippen LogP contribution is 2.26. The van der Waals surface area contributed by atoms with Gasteiger partial charge in [0.2, 0.25) is 5.88 Å². The molecule has 0 unspecified atom stereocenters. The second-order valence-corrected chi connectivity index (χ2v) is 7.66. The predicted octanol–water partition coefficient (Wildman–Crippen LogP) is 3.83. The van der Waals surface area contributed by atoms with Crippen LogP contribution >= 0.6 is 0 Å². The van der Waals surface area contributed by atoms with Gasteiger partial charge in [-0.15, -0.1) is 0 Å². The van der Waals surface area contributed by atoms with Crippen LogP contribution in [0.3, 0.4) is 0 Å². The lowest BCUT2D eigenvalue weighted by Crippen LogP contribution is -2.42. The van der Waals surface area contributed by atoms with E-state index in [1.165, 1.54) is 6.33 Å². The molecule has 0 aromatic carbocycles. The van der Waals surface area contributed by atoms with Crippen LogP contribution in [0.4, 0.5) is 16.3 Å². The Bertz CT molecular complexity index is 918. The third-order valence-corrected chi connectivity index (χ3v) is 4.83. The standard InChI is InChI=1S/C22H28N6O3/c1-4-5-16-6-7-17(13-24-16)27-20-19(12-23)21(26-14-25-20)31-18-8-10-28(11-9-18)22(29)30-15(2)3/h6-7,13-15,18H,4-5,8-11H2,1-3H3,(H,25,26,27). The molecule has 3 rings (SSSR count). The fourth-order valence-electron chi connectivity index (χ4n) is 3.28. The van der Waals surface area contributed by atoms with Crippen molar-refractivity contribution in [3.8, 4) is 11.9 Å². The van der Waals surface area contributed by atoms with Crippen molar-refractivity contribution in [1.82, 2.24) is 19.9 Å². The number of rotatable bonds is 7. The van der Waals surface area contributed by atoms with Crippen molar-refractivity contribution in [1.29, 1.82) is 5.26 Å². The molecule has 1 saturated heterocycles. The van der Waals surface area contributed by atoms with Crippen LogP contribution in [0.1, 0.15) is 51.3 Å². The van der Waals surface area contributed by atoms with E-state index in [1.54, 1.807) is 11.1 Å². The van der Waals surface area contributed by atoms with Gasteiger partial charge in [-0.1, -0.05) is 13.3 Å². The number of aryl methyl sites for hydroxylation is 1. The molecule has 1 aliphatic rings. The number of pyridine rings is 1. The van der Waals surface area contributed by atoms with Crippen LogP contribution in [0, 0.1) is 11.3 Å². The molecule has 164 valence electrons. The van der Waals surface area contributed by atoms with E-state index in [-0.39, 0.29) is 29.7 Å². The minimum atomic E-state index is -0.307. The second-order valence-electron chi connectivity index (χ2n) is 7.66. The van der Waals surface area contributed by atoms with Crippen LogP contribution in [0.2, 0.25) is 0 Å². The van der Waals surface area contributed by atoms with Crippen molar-refractivity contribution in [2.75, 3.05) is 18.4 Å². The molecule has 0 bridgehead atoms. The van der Waals surface area contributed by atoms with Gasteiger partial charge in [-0.3, -0.25) is 4.98 Å². The first kappa shape index (κ1) is 22.3. The van der Waals surface area contributed by atoms with Gasteiger partial charge >= 0.3 is 6.09 Å². The number of likely N-dealkylation sites (tertiary alicyclic amines) is 1. The Kier molecular flexibility index (Phi) is 7.60. The number of nitriles is 1. The highest BCUT2D eigenvalue weighted by molar-refractivity contribution is 5.68. The number of piperidine rings is 1. The number of hydrogen-bond acceptors (Lipinski definition) is 8. The SMILES string of the molecule is CCCc1ccc(Nc2ncnc(OC3CCN(C(=O)OC(C)C)CC3)c2C#N)cn1. The number of nitrogens with zero attached hydrogens (tertiary/aromatic N) is 5. The van der Waals surface area contributed by atoms with E-state index >= 15 is 0 Å². The average molecular weight is 425 g/mol. The van der Waals surface area contributed by atoms with Crippen molar-refractivity contribution in [2.24, 2.45) is 0 Å². The number of nitrogens with one attached hydrogen (secondary N) is 1. The van der Waals surface area contributed by atoms with Crippen LogP contribution in [0.25, 0.3) is 0 Å². The highest BCUT2D eigenvalue weighted by atomic mass is 16.6. The van der Waals surface area contributed by atoms with Gasteiger partial charge in [0.25, 0.3) is 0 Å². The van der Waals surface area contributed by atoms with Crippen LogP contribution in [-0.4, -0.2) is 51.2 Å². The van der Waals surface area contributed by atoms with E-state index in [0.29, 0.717) is 31.7 Å². The van der Waals surface area contributed by atoms with Crippen molar-refractivity contribution < 1.29 is 14.3 Å². The Labute approximate surface area is 182 Å². The topological polar surface area (TPSA) is 113 Å². The number of ether oxygens (including phenoxy) is 2. The largest absolute Gasteiger partial charge is 0.473 e. The Morgan fingerprint density at radius 2 is 2.06 bits per heavy atom. The van der Waals surface area contributed by atoms with Gasteiger partial charge in [0.1, 0.15) is 18.5 Å². The first-order valence-corrected chi connectivity index (χ1v) is 10.6. The van der Waals surface area contributed by atoms with Gasteiger partial charge in [0, 0.05) is 31.6 Å². The molecular weight excluding hydrogens is 396 g/mol. The summed E-state index contributed by atoms with van der Waals surface area (Å²) in [6.45, 7) is 6.83. The highest BCUT2D eigenvalue weighted by Gasteiger charge is 2.27. The summed E-state index contributed by atoms with van der Waals surface area (Å²) in [7, 11) is 0. The minimum Gasteiger partial charge on any atom is -0.473 e. The molecule has 1 N–H and O–H groups in total. The van der Waals surface area contributed by atoms with Crippen LogP contribution in [0.15, 0.2) is 24.7 Å². The van der Waals surface area contributed by atoms with Crippen molar-refractivity contribution >= 4 is 17.6 Å². The van der Waals surface area contributed by atoms with Crippen LogP contribution in [0.5, 0.6) is 5.88 Å². The van der Waals surface area contributed by atoms with E-state index in [2.05, 4.69) is 33.3 Å². The Morgan fingerprint density at radius 3 is 2.68 bits per heavy atom. The number of carbonyl (C=O) groups is 1. The van der Waals surface area contributed by atoms with E-state index in [4.69, 9.17) is 9.47 Å². The quantitative estimate of drug-likeness (QED) is 0.713. The van der Waals surface area contributed by atoms with E-state index in [9.17, 15) is 10.1 Å². The van der Waals surface area contributed by atoms with Gasteiger partial charge in [-0.05, 0) is 32.4 Å². The number of carbonyl (C=O) groups excluding carboxylic acids is 1. The zero-order valence-corrected chi connectivity index (χ0v) is 18.2. The molecule has 9 heteroatoms. The molecular formula is C22H28N6O3. The van der Waals surface area contributed by atoms with Crippen LogP contribution < -0.4 is 10.1 Å². The molecule has 31 heavy (non-hydrogen) atoms. The fourth-order valence-corrected chi connectivity index (χ4v) is 3.28. The molecule has 1 fully saturated rings. The Morgan fingerprint density at radius 1 is 1.29 bits per heavy atom. The molecule has 0 radical (unpaired) electrons. The second kappa shape index (κ2) is 10.6. The van der Waals surface area contributed by atoms with Crippen LogP contribution in [-0.2, 0) is 11.2 Å². The fraction of sp³-hybridized carbons (Fsp3) is 0.500. The first-order valence-electron chi connectivity index (χ1n) is 10.6. The zero-order valence-electron chi connectivity index (χ0n) is 18.2. The van der Waals surface area contributed by atoms with Crippen molar-refractivity contribution in [3.63, 3.8) is 0 Å². The Hall–Kier alpha value is -3.41. The summed E-state index contributed by atoms with van der Waals surface area (Å²) in [5.41, 5.74) is 1.99. The van der Waals surface area contributed by atoms with E-state index in [1.807, 2.05) is 26.0 Å². The number of anilines is 2. The lowest BCUT2D eigenvalue weighted by atomic mass is 10.1. The van der Waals surface area contributed by atoms with E-state index in [0.717, 1.165) is 24.2 Å². The van der Waals surface area contributed by atoms with Gasteiger partial charge in [-0.2, -0.15) is 5.26 Å². The first-order chi connectivity index (χ1) is 15.0. The molecule has 9 nitrogen and oxygen atoms in total. The van der Waals surface area contributed by atoms with Gasteiger partial charge in [0.15, 0.2) is 11.4 Å². The summed E-state index contributed by atoms with van der Waals surface area (Å²) in [6, 6.07) is 6.00. The molecule has 2 aromatic heterocycles. The average Bonchev–Trinajstić information content (AvgIpc) is 2.75. The summed E-state index contributed by atoms with van der Waals surface area (Å²) < 4.78 is 11.2. The molecule has 0 spiro atoms. The van der Waals surface area contributed by atoms with Gasteiger partial charge in [-0.25, -0.2) is 14.8 Å². The summed E-state index contributed by atoms with van der Waals surface area (Å²) in [6.07, 6.45) is 5.71. The molecule has 0 saturated carbocycles. The Balaban J connectivity index is 1.64. The number of hydrogen-bond donors (Lipinski definition) is 1. The molecule has 3 heterocycles. The maximum Gasteiger partial charge on any atom is 0.410 e. The summed E-state index contributed by atoms with van der Waals surface area (Å²) in [5, 5.41) is 12.8. The lowest BCUT2D eigenvalue weighted by Gasteiger charge is -2.31. The number of aromatic nitrogens is 3. The molecule has 0 aliphatic carbocycles. The van der Waals surface area contributed by atoms with Crippen molar-refractivity contribution in [3.05, 3.63) is 35.9 Å². The molecule has 1 amide bonds. The van der Waals surface area contributed by atoms with E-state index < -0.39 is 0 Å². The zero-order chi connectivity index (χ0) is 22.2. The smallest absolute Gasteiger partial charge is 0.410 e. The molecule has 2 aromatic rings. The van der Waals surface area contributed by atoms with Gasteiger partial charge in [0.05, 0.1) is 18.0 Å². The third-order valence-electron chi connectivity index (χ3n) is 4.83. The normalized spacial score (nSPS) is 14.2. The minimum absolute atomic E-state index is 0.145. The predicted molar refractivity (Wildman–Crippen MR) is 115 cm³/mol. The summed E-state index contributed by atoms with van der Waals surface area (Å²) in [4.78, 5) is 26.5. The lowest BCUT2D eigenvalue weighted by molar-refractivity contribution is 0.0506. The van der Waals surface area contributed by atoms with Gasteiger partial charge < -0.3 is 19.7 Å². The summed E-state index contributed by atoms with van der Waals surface area (Å²) in [5.74, 6) is 0.606. The maximum absolute atomic E-state index is 12.0. The maximum atomic E-state index is 12.0. The van der Waals surface area contributed by atoms with Crippen molar-refractivity contribution in [2.45, 2.75) is 58.7 Å². The molecule has 0 atom stereocenters.